The van der Waals surface area contributed by atoms with E-state index in [4.69, 9.17) is 14.2 Å². The first kappa shape index (κ1) is 15.4. The Kier molecular flexibility index (Phi) is 4.97. The molecule has 0 saturated carbocycles. The number of carbonyl (C=O) groups excluding carboxylic acids is 1. The molecule has 0 radical (unpaired) electrons. The Bertz CT molecular complexity index is 642. The fourth-order valence-corrected chi connectivity index (χ4v) is 1.77. The van der Waals surface area contributed by atoms with Crippen LogP contribution < -0.4 is 19.6 Å². The maximum Gasteiger partial charge on any atom is 0.271 e. The van der Waals surface area contributed by atoms with Gasteiger partial charge in [-0.2, -0.15) is 5.10 Å². The second kappa shape index (κ2) is 7.11. The molecular formula is C14H16N4O4. The monoisotopic (exact) mass is 304 g/mol. The Hall–Kier alpha value is -3.03. The van der Waals surface area contributed by atoms with Gasteiger partial charge in [-0.05, 0) is 12.1 Å². The molecule has 0 aliphatic heterocycles. The molecule has 8 heteroatoms. The fraction of sp³-hybridized carbons (Fsp3) is 0.214. The van der Waals surface area contributed by atoms with Crippen LogP contribution in [0.5, 0.6) is 17.2 Å². The first-order chi connectivity index (χ1) is 10.7. The molecule has 22 heavy (non-hydrogen) atoms. The van der Waals surface area contributed by atoms with Crippen molar-refractivity contribution >= 4 is 12.1 Å². The number of H-pyrrole nitrogens is 1. The van der Waals surface area contributed by atoms with Crippen LogP contribution in [0.4, 0.5) is 0 Å². The Morgan fingerprint density at radius 1 is 1.23 bits per heavy atom. The van der Waals surface area contributed by atoms with E-state index in [0.717, 1.165) is 0 Å². The van der Waals surface area contributed by atoms with Crippen LogP contribution in [-0.2, 0) is 0 Å². The van der Waals surface area contributed by atoms with E-state index in [9.17, 15) is 4.79 Å². The molecular weight excluding hydrogens is 288 g/mol. The van der Waals surface area contributed by atoms with E-state index >= 15 is 0 Å². The molecule has 2 N–H and O–H groups in total. The van der Waals surface area contributed by atoms with Gasteiger partial charge < -0.3 is 19.2 Å². The molecule has 2 aromatic rings. The number of hydrazone groups is 1. The molecule has 116 valence electrons. The van der Waals surface area contributed by atoms with Gasteiger partial charge in [0.2, 0.25) is 5.75 Å². The number of methoxy groups -OCH3 is 3. The number of ether oxygens (including phenoxy) is 3. The highest BCUT2D eigenvalue weighted by molar-refractivity contribution is 5.96. The van der Waals surface area contributed by atoms with Crippen molar-refractivity contribution in [1.29, 1.82) is 0 Å². The van der Waals surface area contributed by atoms with Gasteiger partial charge in [0.15, 0.2) is 11.5 Å². The van der Waals surface area contributed by atoms with Crippen LogP contribution in [0.3, 0.4) is 0 Å². The smallest absolute Gasteiger partial charge is 0.271 e. The molecule has 0 atom stereocenters. The van der Waals surface area contributed by atoms with E-state index < -0.39 is 5.91 Å². The first-order valence-corrected chi connectivity index (χ1v) is 6.31. The van der Waals surface area contributed by atoms with Crippen LogP contribution in [-0.4, -0.2) is 43.4 Å². The highest BCUT2D eigenvalue weighted by Gasteiger charge is 2.16. The van der Waals surface area contributed by atoms with Gasteiger partial charge >= 0.3 is 0 Å². The van der Waals surface area contributed by atoms with Crippen LogP contribution in [0.2, 0.25) is 0 Å². The van der Waals surface area contributed by atoms with Crippen molar-refractivity contribution in [1.82, 2.24) is 15.4 Å². The first-order valence-electron chi connectivity index (χ1n) is 6.31. The molecule has 0 aliphatic carbocycles. The third kappa shape index (κ3) is 3.35. The number of benzene rings is 1. The molecule has 0 unspecified atom stereocenters. The van der Waals surface area contributed by atoms with Crippen molar-refractivity contribution in [3.8, 4) is 17.2 Å². The number of nitrogens with zero attached hydrogens (tertiary/aromatic N) is 2. The van der Waals surface area contributed by atoms with Gasteiger partial charge in [-0.25, -0.2) is 10.4 Å². The van der Waals surface area contributed by atoms with Gasteiger partial charge in [-0.1, -0.05) is 0 Å². The second-order valence-corrected chi connectivity index (χ2v) is 4.12. The molecule has 2 rings (SSSR count). The van der Waals surface area contributed by atoms with Gasteiger partial charge in [-0.3, -0.25) is 4.79 Å². The molecule has 0 spiro atoms. The number of hydrogen-bond donors (Lipinski definition) is 2. The fourth-order valence-electron chi connectivity index (χ4n) is 1.77. The standard InChI is InChI=1S/C14H16N4O4/c1-20-11-4-9(5-12(21-2)13(11)22-3)14(19)18-17-7-10-6-15-8-16-10/h4-8H,1-3H3,(H,15,16)(H,18,19)/b17-7+. The van der Waals surface area contributed by atoms with E-state index in [1.807, 2.05) is 0 Å². The number of aromatic amines is 1. The van der Waals surface area contributed by atoms with E-state index in [2.05, 4.69) is 20.5 Å². The summed E-state index contributed by atoms with van der Waals surface area (Å²) in [6.07, 6.45) is 4.54. The number of hydrogen-bond acceptors (Lipinski definition) is 6. The summed E-state index contributed by atoms with van der Waals surface area (Å²) in [5, 5.41) is 3.84. The topological polar surface area (TPSA) is 97.8 Å². The predicted molar refractivity (Wildman–Crippen MR) is 79.7 cm³/mol. The number of amides is 1. The molecule has 1 aromatic carbocycles. The number of nitrogens with one attached hydrogen (secondary N) is 2. The largest absolute Gasteiger partial charge is 0.493 e. The number of aromatic nitrogens is 2. The molecule has 0 aliphatic rings. The Morgan fingerprint density at radius 2 is 1.91 bits per heavy atom. The summed E-state index contributed by atoms with van der Waals surface area (Å²) in [5.74, 6) is 0.798. The molecule has 8 nitrogen and oxygen atoms in total. The average Bonchev–Trinajstić information content (AvgIpc) is 3.06. The van der Waals surface area contributed by atoms with E-state index in [0.29, 0.717) is 28.5 Å². The molecule has 1 heterocycles. The van der Waals surface area contributed by atoms with Crippen LogP contribution in [0.15, 0.2) is 29.8 Å². The summed E-state index contributed by atoms with van der Waals surface area (Å²) < 4.78 is 15.6. The molecule has 0 bridgehead atoms. The average molecular weight is 304 g/mol. The normalized spacial score (nSPS) is 10.5. The zero-order valence-electron chi connectivity index (χ0n) is 12.4. The second-order valence-electron chi connectivity index (χ2n) is 4.12. The number of imidazole rings is 1. The van der Waals surface area contributed by atoms with E-state index in [-0.39, 0.29) is 0 Å². The van der Waals surface area contributed by atoms with Crippen molar-refractivity contribution in [2.75, 3.05) is 21.3 Å². The maximum atomic E-state index is 12.1. The van der Waals surface area contributed by atoms with Gasteiger partial charge in [0.25, 0.3) is 5.91 Å². The quantitative estimate of drug-likeness (QED) is 0.617. The number of carbonyl (C=O) groups is 1. The minimum atomic E-state index is -0.407. The summed E-state index contributed by atoms with van der Waals surface area (Å²) in [7, 11) is 4.46. The van der Waals surface area contributed by atoms with Crippen molar-refractivity contribution in [3.05, 3.63) is 35.9 Å². The van der Waals surface area contributed by atoms with Gasteiger partial charge in [-0.15, -0.1) is 0 Å². The Labute approximate surface area is 127 Å². The maximum absolute atomic E-state index is 12.1. The van der Waals surface area contributed by atoms with Crippen molar-refractivity contribution in [3.63, 3.8) is 0 Å². The summed E-state index contributed by atoms with van der Waals surface area (Å²) in [5.41, 5.74) is 3.41. The zero-order chi connectivity index (χ0) is 15.9. The van der Waals surface area contributed by atoms with Crippen LogP contribution in [0.1, 0.15) is 16.1 Å². The lowest BCUT2D eigenvalue weighted by Gasteiger charge is -2.13. The van der Waals surface area contributed by atoms with Gasteiger partial charge in [0.1, 0.15) is 0 Å². The van der Waals surface area contributed by atoms with Crippen molar-refractivity contribution in [2.24, 2.45) is 5.10 Å². The number of rotatable bonds is 6. The lowest BCUT2D eigenvalue weighted by molar-refractivity contribution is 0.0954. The van der Waals surface area contributed by atoms with Gasteiger partial charge in [0, 0.05) is 5.56 Å². The summed E-state index contributed by atoms with van der Waals surface area (Å²) >= 11 is 0. The highest BCUT2D eigenvalue weighted by atomic mass is 16.5. The SMILES string of the molecule is COc1cc(C(=O)N/N=C/c2cnc[nH]2)cc(OC)c1OC. The van der Waals surface area contributed by atoms with Crippen molar-refractivity contribution in [2.45, 2.75) is 0 Å². The summed E-state index contributed by atoms with van der Waals surface area (Å²) in [6.45, 7) is 0. The summed E-state index contributed by atoms with van der Waals surface area (Å²) in [4.78, 5) is 18.8. The van der Waals surface area contributed by atoms with E-state index in [1.54, 1.807) is 18.3 Å². The highest BCUT2D eigenvalue weighted by Crippen LogP contribution is 2.38. The zero-order valence-corrected chi connectivity index (χ0v) is 12.4. The Morgan fingerprint density at radius 3 is 2.41 bits per heavy atom. The van der Waals surface area contributed by atoms with Gasteiger partial charge in [0.05, 0.1) is 45.8 Å². The lowest BCUT2D eigenvalue weighted by atomic mass is 10.1. The molecule has 0 saturated heterocycles. The lowest BCUT2D eigenvalue weighted by Crippen LogP contribution is -2.18. The van der Waals surface area contributed by atoms with Crippen LogP contribution in [0, 0.1) is 0 Å². The minimum Gasteiger partial charge on any atom is -0.493 e. The third-order valence-corrected chi connectivity index (χ3v) is 2.82. The van der Waals surface area contributed by atoms with E-state index in [1.165, 1.54) is 33.9 Å². The van der Waals surface area contributed by atoms with Crippen molar-refractivity contribution < 1.29 is 19.0 Å². The summed E-state index contributed by atoms with van der Waals surface area (Å²) in [6, 6.07) is 3.09. The van der Waals surface area contributed by atoms with Crippen LogP contribution in [0.25, 0.3) is 0 Å². The third-order valence-electron chi connectivity index (χ3n) is 2.82. The molecule has 0 fully saturated rings. The predicted octanol–water partition coefficient (Wildman–Crippen LogP) is 1.20. The Balaban J connectivity index is 2.18. The molecule has 1 aromatic heterocycles. The minimum absolute atomic E-state index is 0.330. The molecule has 1 amide bonds. The van der Waals surface area contributed by atoms with Crippen LogP contribution >= 0.6 is 0 Å².